The fraction of sp³-hybridized carbons (Fsp3) is 0.375. The Morgan fingerprint density at radius 3 is 2.95 bits per heavy atom. The highest BCUT2D eigenvalue weighted by Gasteiger charge is 2.25. The van der Waals surface area contributed by atoms with Crippen molar-refractivity contribution in [2.24, 2.45) is 5.92 Å². The molecule has 4 heteroatoms. The van der Waals surface area contributed by atoms with Crippen LogP contribution in [0.1, 0.15) is 28.9 Å². The standard InChI is InChI=1S/C16H18N2OS/c19-16(15-11-20-12-17-15)18-8-4-7-14(10-18)9-13-5-2-1-3-6-13/h1-3,5-6,11-12,14H,4,7-10H2. The lowest BCUT2D eigenvalue weighted by Crippen LogP contribution is -2.40. The molecule has 0 spiro atoms. The Morgan fingerprint density at radius 2 is 2.20 bits per heavy atom. The van der Waals surface area contributed by atoms with Crippen LogP contribution in [0.4, 0.5) is 0 Å². The lowest BCUT2D eigenvalue weighted by molar-refractivity contribution is 0.0668. The Balaban J connectivity index is 1.63. The molecule has 0 aliphatic carbocycles. The van der Waals surface area contributed by atoms with Crippen LogP contribution >= 0.6 is 11.3 Å². The summed E-state index contributed by atoms with van der Waals surface area (Å²) in [5.74, 6) is 0.651. The summed E-state index contributed by atoms with van der Waals surface area (Å²) < 4.78 is 0. The Hall–Kier alpha value is -1.68. The number of carbonyl (C=O) groups is 1. The maximum Gasteiger partial charge on any atom is 0.273 e. The Labute approximate surface area is 123 Å². The maximum atomic E-state index is 12.3. The normalized spacial score (nSPS) is 19.0. The van der Waals surface area contributed by atoms with Crippen molar-refractivity contribution < 1.29 is 4.79 Å². The molecule has 0 saturated carbocycles. The average Bonchev–Trinajstić information content (AvgIpc) is 3.02. The van der Waals surface area contributed by atoms with Crippen molar-refractivity contribution in [3.05, 3.63) is 52.5 Å². The van der Waals surface area contributed by atoms with Gasteiger partial charge < -0.3 is 4.90 Å². The third-order valence-corrected chi connectivity index (χ3v) is 4.41. The molecule has 104 valence electrons. The quantitative estimate of drug-likeness (QED) is 0.868. The monoisotopic (exact) mass is 286 g/mol. The lowest BCUT2D eigenvalue weighted by atomic mass is 9.91. The molecule has 0 bridgehead atoms. The van der Waals surface area contributed by atoms with Gasteiger partial charge in [-0.3, -0.25) is 4.79 Å². The van der Waals surface area contributed by atoms with E-state index in [1.165, 1.54) is 23.3 Å². The van der Waals surface area contributed by atoms with E-state index in [4.69, 9.17) is 0 Å². The highest BCUT2D eigenvalue weighted by atomic mass is 32.1. The smallest absolute Gasteiger partial charge is 0.273 e. The van der Waals surface area contributed by atoms with Gasteiger partial charge in [-0.2, -0.15) is 0 Å². The van der Waals surface area contributed by atoms with Crippen molar-refractivity contribution in [3.8, 4) is 0 Å². The van der Waals surface area contributed by atoms with E-state index >= 15 is 0 Å². The molecule has 1 aromatic carbocycles. The van der Waals surface area contributed by atoms with E-state index in [0.717, 1.165) is 25.9 Å². The SMILES string of the molecule is O=C(c1cscn1)N1CCCC(Cc2ccccc2)C1. The molecule has 0 radical (unpaired) electrons. The van der Waals surface area contributed by atoms with Gasteiger partial charge in [0.25, 0.3) is 5.91 Å². The van der Waals surface area contributed by atoms with Gasteiger partial charge in [-0.15, -0.1) is 11.3 Å². The molecular weight excluding hydrogens is 268 g/mol. The summed E-state index contributed by atoms with van der Waals surface area (Å²) in [6.45, 7) is 1.72. The number of carbonyl (C=O) groups excluding carboxylic acids is 1. The molecule has 1 saturated heterocycles. The van der Waals surface area contributed by atoms with Crippen molar-refractivity contribution in [1.29, 1.82) is 0 Å². The van der Waals surface area contributed by atoms with Gasteiger partial charge >= 0.3 is 0 Å². The van der Waals surface area contributed by atoms with Crippen molar-refractivity contribution in [1.82, 2.24) is 9.88 Å². The fourth-order valence-electron chi connectivity index (χ4n) is 2.84. The Kier molecular flexibility index (Phi) is 4.11. The van der Waals surface area contributed by atoms with Gasteiger partial charge in [-0.05, 0) is 30.7 Å². The zero-order valence-electron chi connectivity index (χ0n) is 11.4. The third kappa shape index (κ3) is 3.07. The van der Waals surface area contributed by atoms with Gasteiger partial charge in [0, 0.05) is 18.5 Å². The van der Waals surface area contributed by atoms with E-state index in [1.54, 1.807) is 5.51 Å². The summed E-state index contributed by atoms with van der Waals surface area (Å²) in [6, 6.07) is 10.5. The van der Waals surface area contributed by atoms with Gasteiger partial charge in [-0.1, -0.05) is 30.3 Å². The zero-order valence-corrected chi connectivity index (χ0v) is 12.2. The summed E-state index contributed by atoms with van der Waals surface area (Å²) in [5, 5.41) is 1.84. The molecule has 1 aliphatic heterocycles. The second kappa shape index (κ2) is 6.18. The van der Waals surface area contributed by atoms with Gasteiger partial charge in [0.2, 0.25) is 0 Å². The van der Waals surface area contributed by atoms with Crippen molar-refractivity contribution >= 4 is 17.2 Å². The number of thiazole rings is 1. The minimum absolute atomic E-state index is 0.0870. The van der Waals surface area contributed by atoms with Crippen molar-refractivity contribution in [3.63, 3.8) is 0 Å². The van der Waals surface area contributed by atoms with E-state index in [2.05, 4.69) is 29.2 Å². The van der Waals surface area contributed by atoms with Gasteiger partial charge in [0.05, 0.1) is 5.51 Å². The predicted octanol–water partition coefficient (Wildman–Crippen LogP) is 3.24. The van der Waals surface area contributed by atoms with Crippen LogP contribution in [0, 0.1) is 5.92 Å². The molecule has 1 aliphatic rings. The molecule has 3 nitrogen and oxygen atoms in total. The van der Waals surface area contributed by atoms with Crippen LogP contribution in [0.2, 0.25) is 0 Å². The van der Waals surface area contributed by atoms with Gasteiger partial charge in [0.15, 0.2) is 0 Å². The van der Waals surface area contributed by atoms with Gasteiger partial charge in [-0.25, -0.2) is 4.98 Å². The molecule has 3 rings (SSSR count). The predicted molar refractivity (Wildman–Crippen MR) is 80.9 cm³/mol. The van der Waals surface area contributed by atoms with Crippen LogP contribution in [0.3, 0.4) is 0 Å². The number of rotatable bonds is 3. The lowest BCUT2D eigenvalue weighted by Gasteiger charge is -2.32. The molecule has 2 aromatic rings. The molecule has 1 fully saturated rings. The first kappa shape index (κ1) is 13.3. The fourth-order valence-corrected chi connectivity index (χ4v) is 3.37. The summed E-state index contributed by atoms with van der Waals surface area (Å²) in [7, 11) is 0. The highest BCUT2D eigenvalue weighted by molar-refractivity contribution is 7.07. The maximum absolute atomic E-state index is 12.3. The van der Waals surface area contributed by atoms with Crippen LogP contribution in [-0.4, -0.2) is 28.9 Å². The molecule has 2 heterocycles. The summed E-state index contributed by atoms with van der Waals surface area (Å²) >= 11 is 1.48. The minimum Gasteiger partial charge on any atom is -0.337 e. The van der Waals surface area contributed by atoms with E-state index in [9.17, 15) is 4.79 Å². The molecule has 0 N–H and O–H groups in total. The second-order valence-corrected chi connectivity index (χ2v) is 6.04. The van der Waals surface area contributed by atoms with Crippen LogP contribution in [0.5, 0.6) is 0 Å². The Bertz CT molecular complexity index is 553. The molecule has 20 heavy (non-hydrogen) atoms. The molecule has 1 amide bonds. The first-order valence-corrected chi connectivity index (χ1v) is 7.98. The first-order valence-electron chi connectivity index (χ1n) is 7.04. The van der Waals surface area contributed by atoms with Crippen LogP contribution < -0.4 is 0 Å². The van der Waals surface area contributed by atoms with Crippen LogP contribution in [0.15, 0.2) is 41.2 Å². The number of benzene rings is 1. The number of hydrogen-bond acceptors (Lipinski definition) is 3. The first-order chi connectivity index (χ1) is 9.83. The third-order valence-electron chi connectivity index (χ3n) is 3.82. The van der Waals surface area contributed by atoms with E-state index in [-0.39, 0.29) is 5.91 Å². The van der Waals surface area contributed by atoms with Crippen LogP contribution in [-0.2, 0) is 6.42 Å². The molecule has 1 atom stereocenters. The Morgan fingerprint density at radius 1 is 1.35 bits per heavy atom. The largest absolute Gasteiger partial charge is 0.337 e. The topological polar surface area (TPSA) is 33.2 Å². The number of likely N-dealkylation sites (tertiary alicyclic amines) is 1. The highest BCUT2D eigenvalue weighted by Crippen LogP contribution is 2.22. The molecule has 1 unspecified atom stereocenters. The number of amides is 1. The number of aromatic nitrogens is 1. The van der Waals surface area contributed by atoms with Gasteiger partial charge in [0.1, 0.15) is 5.69 Å². The summed E-state index contributed by atoms with van der Waals surface area (Å²) in [5.41, 5.74) is 3.68. The number of nitrogens with zero attached hydrogens (tertiary/aromatic N) is 2. The summed E-state index contributed by atoms with van der Waals surface area (Å²) in [6.07, 6.45) is 3.35. The van der Waals surface area contributed by atoms with Crippen molar-refractivity contribution in [2.45, 2.75) is 19.3 Å². The summed E-state index contributed by atoms with van der Waals surface area (Å²) in [4.78, 5) is 18.4. The minimum atomic E-state index is 0.0870. The number of hydrogen-bond donors (Lipinski definition) is 0. The van der Waals surface area contributed by atoms with Crippen LogP contribution in [0.25, 0.3) is 0 Å². The average molecular weight is 286 g/mol. The molecule has 1 aromatic heterocycles. The van der Waals surface area contributed by atoms with E-state index in [0.29, 0.717) is 11.6 Å². The van der Waals surface area contributed by atoms with E-state index in [1.807, 2.05) is 16.3 Å². The van der Waals surface area contributed by atoms with Crippen molar-refractivity contribution in [2.75, 3.05) is 13.1 Å². The van der Waals surface area contributed by atoms with E-state index < -0.39 is 0 Å². The second-order valence-electron chi connectivity index (χ2n) is 5.32. The number of piperidine rings is 1. The zero-order chi connectivity index (χ0) is 13.8. The molecular formula is C16H18N2OS.